The monoisotopic (exact) mass is 176 g/mol. The smallest absolute Gasteiger partial charge is 0.0615 e. The molecular formula is C11H16N2. The Hall–Kier alpha value is -0.920. The molecule has 1 aliphatic rings. The summed E-state index contributed by atoms with van der Waals surface area (Å²) in [5.74, 6) is 1.39. The minimum absolute atomic E-state index is 0.492. The van der Waals surface area contributed by atoms with E-state index < -0.39 is 0 Å². The molecule has 0 saturated heterocycles. The van der Waals surface area contributed by atoms with Crippen LogP contribution in [0, 0.1) is 5.92 Å². The van der Waals surface area contributed by atoms with E-state index in [9.17, 15) is 0 Å². The van der Waals surface area contributed by atoms with Crippen LogP contribution in [0.1, 0.15) is 44.0 Å². The molecular weight excluding hydrogens is 160 g/mol. The summed E-state index contributed by atoms with van der Waals surface area (Å²) in [6, 6.07) is 0. The molecule has 70 valence electrons. The van der Waals surface area contributed by atoms with Crippen molar-refractivity contribution >= 4 is 0 Å². The fraction of sp³-hybridized carbons (Fsp3) is 0.636. The van der Waals surface area contributed by atoms with E-state index in [0.717, 1.165) is 18.0 Å². The second-order valence-electron chi connectivity index (χ2n) is 4.24. The Morgan fingerprint density at radius 2 is 2.15 bits per heavy atom. The highest BCUT2D eigenvalue weighted by atomic mass is 14.8. The van der Waals surface area contributed by atoms with Gasteiger partial charge in [0.15, 0.2) is 0 Å². The molecule has 1 aromatic rings. The van der Waals surface area contributed by atoms with Crippen LogP contribution in [0.25, 0.3) is 0 Å². The van der Waals surface area contributed by atoms with Gasteiger partial charge >= 0.3 is 0 Å². The van der Waals surface area contributed by atoms with Crippen LogP contribution in [0.2, 0.25) is 0 Å². The van der Waals surface area contributed by atoms with Crippen molar-refractivity contribution in [3.63, 3.8) is 0 Å². The zero-order valence-corrected chi connectivity index (χ0v) is 8.33. The van der Waals surface area contributed by atoms with Gasteiger partial charge in [0.05, 0.1) is 11.4 Å². The molecule has 0 aliphatic heterocycles. The van der Waals surface area contributed by atoms with Crippen molar-refractivity contribution in [2.24, 2.45) is 5.92 Å². The Morgan fingerprint density at radius 1 is 1.38 bits per heavy atom. The summed E-state index contributed by atoms with van der Waals surface area (Å²) in [6.07, 6.45) is 7.68. The number of aromatic nitrogens is 2. The predicted octanol–water partition coefficient (Wildman–Crippen LogP) is 2.55. The second kappa shape index (κ2) is 3.44. The fourth-order valence-corrected chi connectivity index (χ4v) is 1.42. The molecule has 1 fully saturated rings. The average molecular weight is 176 g/mol. The van der Waals surface area contributed by atoms with Crippen LogP contribution in [-0.4, -0.2) is 9.97 Å². The number of hydrogen-bond donors (Lipinski definition) is 0. The first-order chi connectivity index (χ1) is 6.25. The largest absolute Gasteiger partial charge is 0.261 e. The molecule has 0 spiro atoms. The van der Waals surface area contributed by atoms with Crippen LogP contribution in [0.15, 0.2) is 12.4 Å². The maximum absolute atomic E-state index is 4.59. The van der Waals surface area contributed by atoms with Crippen LogP contribution in [-0.2, 0) is 6.42 Å². The lowest BCUT2D eigenvalue weighted by atomic mass is 10.1. The van der Waals surface area contributed by atoms with Gasteiger partial charge in [-0.3, -0.25) is 9.97 Å². The van der Waals surface area contributed by atoms with Crippen LogP contribution in [0.5, 0.6) is 0 Å². The Balaban J connectivity index is 2.11. The minimum Gasteiger partial charge on any atom is -0.261 e. The molecule has 0 atom stereocenters. The van der Waals surface area contributed by atoms with E-state index in [0.29, 0.717) is 5.92 Å². The molecule has 0 N–H and O–H groups in total. The molecule has 0 radical (unpaired) electrons. The first-order valence-corrected chi connectivity index (χ1v) is 5.06. The molecule has 2 nitrogen and oxygen atoms in total. The van der Waals surface area contributed by atoms with E-state index in [1.165, 1.54) is 18.5 Å². The van der Waals surface area contributed by atoms with E-state index in [2.05, 4.69) is 23.8 Å². The van der Waals surface area contributed by atoms with E-state index in [-0.39, 0.29) is 0 Å². The summed E-state index contributed by atoms with van der Waals surface area (Å²) in [7, 11) is 0. The quantitative estimate of drug-likeness (QED) is 0.707. The molecule has 0 unspecified atom stereocenters. The summed E-state index contributed by atoms with van der Waals surface area (Å²) < 4.78 is 0. The third-order valence-electron chi connectivity index (χ3n) is 2.49. The fourth-order valence-electron chi connectivity index (χ4n) is 1.42. The van der Waals surface area contributed by atoms with Crippen molar-refractivity contribution < 1.29 is 0 Å². The normalized spacial score (nSPS) is 16.5. The third-order valence-corrected chi connectivity index (χ3v) is 2.49. The van der Waals surface area contributed by atoms with E-state index in [1.54, 1.807) is 0 Å². The third kappa shape index (κ3) is 2.27. The summed E-state index contributed by atoms with van der Waals surface area (Å²) in [5.41, 5.74) is 2.30. The molecule has 1 saturated carbocycles. The van der Waals surface area contributed by atoms with Gasteiger partial charge < -0.3 is 0 Å². The van der Waals surface area contributed by atoms with Gasteiger partial charge in [-0.15, -0.1) is 0 Å². The summed E-state index contributed by atoms with van der Waals surface area (Å²) >= 11 is 0. The van der Waals surface area contributed by atoms with Crippen molar-refractivity contribution in [1.29, 1.82) is 0 Å². The molecule has 0 bridgehead atoms. The van der Waals surface area contributed by atoms with E-state index in [4.69, 9.17) is 0 Å². The standard InChI is InChI=1S/C11H16N2/c1-8(2)11-7-12-6-10(13-11)5-9-3-4-9/h6-9H,3-5H2,1-2H3. The van der Waals surface area contributed by atoms with Crippen molar-refractivity contribution in [3.8, 4) is 0 Å². The van der Waals surface area contributed by atoms with Crippen LogP contribution < -0.4 is 0 Å². The highest BCUT2D eigenvalue weighted by Crippen LogP contribution is 2.32. The molecule has 2 heteroatoms. The first kappa shape index (κ1) is 8.67. The van der Waals surface area contributed by atoms with Gasteiger partial charge in [-0.25, -0.2) is 0 Å². The molecule has 2 rings (SSSR count). The summed E-state index contributed by atoms with van der Waals surface area (Å²) in [5, 5.41) is 0. The van der Waals surface area contributed by atoms with Crippen molar-refractivity contribution in [3.05, 3.63) is 23.8 Å². The van der Waals surface area contributed by atoms with Gasteiger partial charge in [-0.05, 0) is 31.1 Å². The number of hydrogen-bond acceptors (Lipinski definition) is 2. The zero-order chi connectivity index (χ0) is 9.26. The van der Waals surface area contributed by atoms with E-state index >= 15 is 0 Å². The lowest BCUT2D eigenvalue weighted by Crippen LogP contribution is -1.99. The highest BCUT2D eigenvalue weighted by Gasteiger charge is 2.22. The Labute approximate surface area is 79.4 Å². The van der Waals surface area contributed by atoms with Gasteiger partial charge in [0.1, 0.15) is 0 Å². The van der Waals surface area contributed by atoms with Gasteiger partial charge in [-0.1, -0.05) is 13.8 Å². The lowest BCUT2D eigenvalue weighted by molar-refractivity contribution is 0.751. The number of rotatable bonds is 3. The van der Waals surface area contributed by atoms with E-state index in [1.807, 2.05) is 12.4 Å². The number of nitrogens with zero attached hydrogens (tertiary/aromatic N) is 2. The van der Waals surface area contributed by atoms with Gasteiger partial charge in [0, 0.05) is 12.4 Å². The SMILES string of the molecule is CC(C)c1cncc(CC2CC2)n1. The minimum atomic E-state index is 0.492. The molecule has 1 heterocycles. The van der Waals surface area contributed by atoms with Crippen molar-refractivity contribution in [2.75, 3.05) is 0 Å². The summed E-state index contributed by atoms with van der Waals surface area (Å²) in [4.78, 5) is 8.81. The topological polar surface area (TPSA) is 25.8 Å². The molecule has 1 aliphatic carbocycles. The molecule has 0 aromatic carbocycles. The average Bonchev–Trinajstić information content (AvgIpc) is 2.89. The van der Waals surface area contributed by atoms with Crippen LogP contribution in [0.4, 0.5) is 0 Å². The van der Waals surface area contributed by atoms with Crippen molar-refractivity contribution in [2.45, 2.75) is 39.0 Å². The van der Waals surface area contributed by atoms with Gasteiger partial charge in [0.25, 0.3) is 0 Å². The Morgan fingerprint density at radius 3 is 2.77 bits per heavy atom. The molecule has 1 aromatic heterocycles. The van der Waals surface area contributed by atoms with Crippen molar-refractivity contribution in [1.82, 2.24) is 9.97 Å². The van der Waals surface area contributed by atoms with Gasteiger partial charge in [-0.2, -0.15) is 0 Å². The van der Waals surface area contributed by atoms with Crippen LogP contribution >= 0.6 is 0 Å². The molecule has 0 amide bonds. The summed E-state index contributed by atoms with van der Waals surface area (Å²) in [6.45, 7) is 4.32. The van der Waals surface area contributed by atoms with Gasteiger partial charge in [0.2, 0.25) is 0 Å². The Kier molecular flexibility index (Phi) is 2.30. The highest BCUT2D eigenvalue weighted by molar-refractivity contribution is 5.08. The lowest BCUT2D eigenvalue weighted by Gasteiger charge is -2.05. The Bertz CT molecular complexity index is 290. The predicted molar refractivity (Wildman–Crippen MR) is 52.5 cm³/mol. The van der Waals surface area contributed by atoms with Crippen LogP contribution in [0.3, 0.4) is 0 Å². The zero-order valence-electron chi connectivity index (χ0n) is 8.33. The maximum Gasteiger partial charge on any atom is 0.0615 e. The maximum atomic E-state index is 4.59. The first-order valence-electron chi connectivity index (χ1n) is 5.06. The molecule has 13 heavy (non-hydrogen) atoms. The second-order valence-corrected chi connectivity index (χ2v) is 4.24.